The summed E-state index contributed by atoms with van der Waals surface area (Å²) in [5.41, 5.74) is 0.562. The Hall–Kier alpha value is -3.10. The molecule has 0 saturated carbocycles. The number of benzene rings is 1. The number of imide groups is 1. The highest BCUT2D eigenvalue weighted by atomic mass is 16.6. The Morgan fingerprint density at radius 2 is 1.92 bits per heavy atom. The van der Waals surface area contributed by atoms with Crippen LogP contribution in [-0.4, -0.2) is 50.7 Å². The molecule has 1 N–H and O–H groups in total. The van der Waals surface area contributed by atoms with Gasteiger partial charge < -0.3 is 19.1 Å². The minimum absolute atomic E-state index is 0.0395. The number of esters is 1. The van der Waals surface area contributed by atoms with E-state index in [1.165, 1.54) is 18.9 Å². The minimum atomic E-state index is -1.20. The van der Waals surface area contributed by atoms with Crippen molar-refractivity contribution >= 4 is 29.6 Å². The molecule has 1 aliphatic rings. The van der Waals surface area contributed by atoms with Crippen LogP contribution >= 0.6 is 0 Å². The zero-order valence-electron chi connectivity index (χ0n) is 14.7. The smallest absolute Gasteiger partial charge is 0.413 e. The number of ether oxygens (including phenoxy) is 3. The number of rotatable bonds is 5. The third kappa shape index (κ3) is 4.29. The Kier molecular flexibility index (Phi) is 6.16. The Morgan fingerprint density at radius 1 is 1.23 bits per heavy atom. The zero-order valence-corrected chi connectivity index (χ0v) is 14.7. The van der Waals surface area contributed by atoms with E-state index in [1.54, 1.807) is 24.3 Å². The molecule has 1 heterocycles. The molecule has 1 saturated heterocycles. The van der Waals surface area contributed by atoms with Gasteiger partial charge in [-0.1, -0.05) is 12.1 Å². The second-order valence-corrected chi connectivity index (χ2v) is 5.64. The maximum absolute atomic E-state index is 12.3. The van der Waals surface area contributed by atoms with Crippen LogP contribution in [0.5, 0.6) is 5.75 Å². The molecule has 0 radical (unpaired) electrons. The Morgan fingerprint density at radius 3 is 2.58 bits per heavy atom. The van der Waals surface area contributed by atoms with E-state index in [2.05, 4.69) is 4.74 Å². The summed E-state index contributed by atoms with van der Waals surface area (Å²) in [6.07, 6.45) is -2.18. The van der Waals surface area contributed by atoms with Crippen LogP contribution in [0.1, 0.15) is 13.3 Å². The first-order valence-corrected chi connectivity index (χ1v) is 7.90. The minimum Gasteiger partial charge on any atom is -0.495 e. The third-order valence-electron chi connectivity index (χ3n) is 3.91. The highest BCUT2D eigenvalue weighted by Gasteiger charge is 2.38. The number of carbonyl (C=O) groups excluding carboxylic acids is 4. The number of methoxy groups -OCH3 is 2. The number of amides is 3. The second kappa shape index (κ2) is 8.32. The lowest BCUT2D eigenvalue weighted by Crippen LogP contribution is -2.40. The van der Waals surface area contributed by atoms with E-state index in [9.17, 15) is 19.2 Å². The molecule has 140 valence electrons. The fourth-order valence-corrected chi connectivity index (χ4v) is 2.53. The maximum atomic E-state index is 12.3. The first-order chi connectivity index (χ1) is 12.4. The summed E-state index contributed by atoms with van der Waals surface area (Å²) >= 11 is 0. The molecule has 1 aliphatic heterocycles. The van der Waals surface area contributed by atoms with Gasteiger partial charge in [0.05, 0.1) is 25.8 Å². The number of carbonyl (C=O) groups is 4. The molecule has 9 nitrogen and oxygen atoms in total. The number of para-hydroxylation sites is 2. The lowest BCUT2D eigenvalue weighted by atomic mass is 10.1. The molecule has 3 amide bonds. The van der Waals surface area contributed by atoms with Crippen LogP contribution in [0.3, 0.4) is 0 Å². The first kappa shape index (κ1) is 19.2. The molecule has 9 heteroatoms. The van der Waals surface area contributed by atoms with Gasteiger partial charge in [-0.25, -0.2) is 4.79 Å². The van der Waals surface area contributed by atoms with Crippen molar-refractivity contribution in [3.8, 4) is 5.75 Å². The number of nitrogens with zero attached hydrogens (tertiary/aromatic N) is 1. The van der Waals surface area contributed by atoms with Crippen LogP contribution in [0.15, 0.2) is 24.3 Å². The normalized spacial score (nSPS) is 17.4. The first-order valence-electron chi connectivity index (χ1n) is 7.90. The number of hydrogen-bond acceptors (Lipinski definition) is 7. The van der Waals surface area contributed by atoms with Gasteiger partial charge in [0, 0.05) is 13.0 Å². The van der Waals surface area contributed by atoms with Crippen molar-refractivity contribution in [1.82, 2.24) is 5.32 Å². The van der Waals surface area contributed by atoms with Gasteiger partial charge in [0.25, 0.3) is 5.91 Å². The molecule has 26 heavy (non-hydrogen) atoms. The van der Waals surface area contributed by atoms with Crippen LogP contribution in [0.4, 0.5) is 10.5 Å². The van der Waals surface area contributed by atoms with E-state index in [0.29, 0.717) is 11.4 Å². The van der Waals surface area contributed by atoms with E-state index < -0.39 is 30.0 Å². The van der Waals surface area contributed by atoms with E-state index in [0.717, 1.165) is 7.11 Å². The van der Waals surface area contributed by atoms with E-state index in [-0.39, 0.29) is 18.9 Å². The highest BCUT2D eigenvalue weighted by molar-refractivity contribution is 6.01. The molecule has 0 unspecified atom stereocenters. The standard InChI is InChI=1S/C17H20N2O7/c1-10(15(21)18-17(23)25-3)26-16(22)11-8-14(20)19(9-11)12-6-4-5-7-13(12)24-2/h4-7,10-11H,8-9H2,1-3H3,(H,18,21,23)/t10-,11-/m0/s1. The summed E-state index contributed by atoms with van der Waals surface area (Å²) in [5.74, 6) is -1.95. The van der Waals surface area contributed by atoms with Crippen molar-refractivity contribution < 1.29 is 33.4 Å². The quantitative estimate of drug-likeness (QED) is 0.771. The molecular weight excluding hydrogens is 344 g/mol. The maximum Gasteiger partial charge on any atom is 0.413 e. The van der Waals surface area contributed by atoms with Crippen molar-refractivity contribution in [2.45, 2.75) is 19.4 Å². The van der Waals surface area contributed by atoms with Gasteiger partial charge in [-0.2, -0.15) is 0 Å². The van der Waals surface area contributed by atoms with Gasteiger partial charge in [-0.05, 0) is 19.1 Å². The van der Waals surface area contributed by atoms with Gasteiger partial charge in [0.1, 0.15) is 5.75 Å². The summed E-state index contributed by atoms with van der Waals surface area (Å²) in [5, 5.41) is 1.91. The SMILES string of the molecule is COC(=O)NC(=O)[C@H](C)OC(=O)[C@H]1CC(=O)N(c2ccccc2OC)C1. The van der Waals surface area contributed by atoms with Crippen molar-refractivity contribution in [1.29, 1.82) is 0 Å². The van der Waals surface area contributed by atoms with Crippen molar-refractivity contribution in [3.05, 3.63) is 24.3 Å². The van der Waals surface area contributed by atoms with Gasteiger partial charge in [0.15, 0.2) is 6.10 Å². The summed E-state index contributed by atoms with van der Waals surface area (Å²) in [4.78, 5) is 48.7. The van der Waals surface area contributed by atoms with Crippen LogP contribution in [0, 0.1) is 5.92 Å². The highest BCUT2D eigenvalue weighted by Crippen LogP contribution is 2.33. The molecule has 1 aromatic carbocycles. The fourth-order valence-electron chi connectivity index (χ4n) is 2.53. The number of nitrogens with one attached hydrogen (secondary N) is 1. The molecular formula is C17H20N2O7. The Balaban J connectivity index is 2.00. The molecule has 1 aromatic rings. The van der Waals surface area contributed by atoms with Gasteiger partial charge in [-0.3, -0.25) is 19.7 Å². The van der Waals surface area contributed by atoms with Crippen molar-refractivity contribution in [2.24, 2.45) is 5.92 Å². The predicted molar refractivity (Wildman–Crippen MR) is 89.6 cm³/mol. The number of hydrogen-bond donors (Lipinski definition) is 1. The third-order valence-corrected chi connectivity index (χ3v) is 3.91. The predicted octanol–water partition coefficient (Wildman–Crippen LogP) is 0.862. The Bertz CT molecular complexity index is 719. The zero-order chi connectivity index (χ0) is 19.3. The summed E-state index contributed by atoms with van der Waals surface area (Å²) in [7, 11) is 2.60. The van der Waals surface area contributed by atoms with E-state index in [4.69, 9.17) is 9.47 Å². The molecule has 0 spiro atoms. The van der Waals surface area contributed by atoms with Crippen LogP contribution in [0.25, 0.3) is 0 Å². The van der Waals surface area contributed by atoms with Crippen LogP contribution < -0.4 is 15.0 Å². The summed E-state index contributed by atoms with van der Waals surface area (Å²) in [6, 6.07) is 6.97. The number of anilines is 1. The second-order valence-electron chi connectivity index (χ2n) is 5.64. The summed E-state index contributed by atoms with van der Waals surface area (Å²) in [6.45, 7) is 1.44. The molecule has 0 aliphatic carbocycles. The van der Waals surface area contributed by atoms with E-state index in [1.807, 2.05) is 5.32 Å². The molecule has 2 atom stereocenters. The van der Waals surface area contributed by atoms with Crippen LogP contribution in [0.2, 0.25) is 0 Å². The topological polar surface area (TPSA) is 111 Å². The lowest BCUT2D eigenvalue weighted by molar-refractivity contribution is -0.158. The molecule has 2 rings (SSSR count). The average molecular weight is 364 g/mol. The van der Waals surface area contributed by atoms with Gasteiger partial charge in [-0.15, -0.1) is 0 Å². The largest absolute Gasteiger partial charge is 0.495 e. The number of alkyl carbamates (subject to hydrolysis) is 1. The van der Waals surface area contributed by atoms with E-state index >= 15 is 0 Å². The van der Waals surface area contributed by atoms with Gasteiger partial charge in [0.2, 0.25) is 5.91 Å². The van der Waals surface area contributed by atoms with Crippen molar-refractivity contribution in [2.75, 3.05) is 25.7 Å². The van der Waals surface area contributed by atoms with Gasteiger partial charge >= 0.3 is 12.1 Å². The Labute approximate surface area is 150 Å². The molecule has 0 bridgehead atoms. The fraction of sp³-hybridized carbons (Fsp3) is 0.412. The summed E-state index contributed by atoms with van der Waals surface area (Å²) < 4.78 is 14.6. The monoisotopic (exact) mass is 364 g/mol. The van der Waals surface area contributed by atoms with Crippen LogP contribution in [-0.2, 0) is 23.9 Å². The molecule has 0 aromatic heterocycles. The molecule has 1 fully saturated rings. The average Bonchev–Trinajstić information content (AvgIpc) is 3.03. The van der Waals surface area contributed by atoms with Crippen molar-refractivity contribution in [3.63, 3.8) is 0 Å². The lowest BCUT2D eigenvalue weighted by Gasteiger charge is -2.19.